The van der Waals surface area contributed by atoms with Crippen molar-refractivity contribution >= 4 is 17.5 Å². The van der Waals surface area contributed by atoms with E-state index >= 15 is 0 Å². The highest BCUT2D eigenvalue weighted by atomic mass is 35.5. The molecule has 1 heterocycles. The molecule has 1 aliphatic carbocycles. The maximum atomic E-state index is 12.6. The molecule has 1 aromatic carbocycles. The third-order valence-electron chi connectivity index (χ3n) is 5.23. The van der Waals surface area contributed by atoms with Crippen molar-refractivity contribution in [2.75, 3.05) is 6.54 Å². The van der Waals surface area contributed by atoms with Crippen LogP contribution < -0.4 is 15.6 Å². The molecule has 0 fully saturated rings. The Bertz CT molecular complexity index is 984. The van der Waals surface area contributed by atoms with Crippen LogP contribution in [0.1, 0.15) is 51.0 Å². The second kappa shape index (κ2) is 10.4. The molecule has 2 aromatic rings. The van der Waals surface area contributed by atoms with Gasteiger partial charge in [-0.15, -0.1) is 5.10 Å². The summed E-state index contributed by atoms with van der Waals surface area (Å²) in [4.78, 5) is 24.9. The molecular formula is C23H28ClN3O3. The standard InChI is InChI=1S/C23H28ClN3O3/c1-3-20(23(29)25-14-13-17-7-5-4-6-8-17)30-21-11-12-22(28)27(26-21)19-15-18(24)10-9-16(19)2/h7,9-12,15,20H,3-6,8,13-14H2,1-2H3,(H,25,29). The van der Waals surface area contributed by atoms with Crippen molar-refractivity contribution in [2.24, 2.45) is 0 Å². The first kappa shape index (κ1) is 22.1. The van der Waals surface area contributed by atoms with E-state index < -0.39 is 6.10 Å². The SMILES string of the molecule is CCC(Oc1ccc(=O)n(-c2cc(Cl)ccc2C)n1)C(=O)NCCC1=CCCCC1. The van der Waals surface area contributed by atoms with Crippen molar-refractivity contribution in [1.82, 2.24) is 15.1 Å². The maximum absolute atomic E-state index is 12.6. The largest absolute Gasteiger partial charge is 0.463 e. The molecule has 1 atom stereocenters. The van der Waals surface area contributed by atoms with E-state index in [0.29, 0.717) is 23.7 Å². The number of nitrogens with one attached hydrogen (secondary N) is 1. The van der Waals surface area contributed by atoms with E-state index in [9.17, 15) is 9.59 Å². The molecule has 7 heteroatoms. The number of hydrogen-bond donors (Lipinski definition) is 1. The Kier molecular flexibility index (Phi) is 7.69. The topological polar surface area (TPSA) is 73.2 Å². The molecule has 1 aromatic heterocycles. The Balaban J connectivity index is 1.67. The summed E-state index contributed by atoms with van der Waals surface area (Å²) in [5.41, 5.74) is 2.55. The van der Waals surface area contributed by atoms with Gasteiger partial charge in [0.25, 0.3) is 11.5 Å². The van der Waals surface area contributed by atoms with Gasteiger partial charge in [-0.05, 0) is 63.1 Å². The summed E-state index contributed by atoms with van der Waals surface area (Å²) in [5, 5.41) is 7.77. The third-order valence-corrected chi connectivity index (χ3v) is 5.47. The minimum Gasteiger partial charge on any atom is -0.463 e. The fourth-order valence-electron chi connectivity index (χ4n) is 3.50. The first-order chi connectivity index (χ1) is 14.5. The number of benzene rings is 1. The zero-order chi connectivity index (χ0) is 21.5. The molecule has 1 unspecified atom stereocenters. The van der Waals surface area contributed by atoms with Crippen molar-refractivity contribution in [2.45, 2.75) is 58.5 Å². The second-order valence-corrected chi connectivity index (χ2v) is 7.95. The number of carbonyl (C=O) groups is 1. The van der Waals surface area contributed by atoms with Gasteiger partial charge in [0.15, 0.2) is 6.10 Å². The lowest BCUT2D eigenvalue weighted by atomic mass is 9.97. The molecule has 30 heavy (non-hydrogen) atoms. The quantitative estimate of drug-likeness (QED) is 0.633. The van der Waals surface area contributed by atoms with Crippen LogP contribution in [0.5, 0.6) is 5.88 Å². The van der Waals surface area contributed by atoms with Gasteiger partial charge in [-0.2, -0.15) is 4.68 Å². The highest BCUT2D eigenvalue weighted by molar-refractivity contribution is 6.30. The fraction of sp³-hybridized carbons (Fsp3) is 0.435. The smallest absolute Gasteiger partial charge is 0.271 e. The van der Waals surface area contributed by atoms with Gasteiger partial charge < -0.3 is 10.1 Å². The molecule has 6 nitrogen and oxygen atoms in total. The Morgan fingerprint density at radius 3 is 2.87 bits per heavy atom. The number of carbonyl (C=O) groups excluding carboxylic acids is 1. The normalized spacial score (nSPS) is 14.7. The summed E-state index contributed by atoms with van der Waals surface area (Å²) in [6.07, 6.45) is 7.72. The number of hydrogen-bond acceptors (Lipinski definition) is 4. The number of nitrogens with zero attached hydrogens (tertiary/aromatic N) is 2. The Morgan fingerprint density at radius 2 is 2.13 bits per heavy atom. The molecule has 1 aliphatic rings. The van der Waals surface area contributed by atoms with Crippen LogP contribution in [0.2, 0.25) is 5.02 Å². The van der Waals surface area contributed by atoms with Gasteiger partial charge in [0.05, 0.1) is 5.69 Å². The van der Waals surface area contributed by atoms with E-state index in [1.807, 2.05) is 19.9 Å². The van der Waals surface area contributed by atoms with Crippen molar-refractivity contribution in [3.8, 4) is 11.6 Å². The molecule has 1 N–H and O–H groups in total. The average Bonchev–Trinajstić information content (AvgIpc) is 2.75. The summed E-state index contributed by atoms with van der Waals surface area (Å²) in [6.45, 7) is 4.35. The van der Waals surface area contributed by atoms with Crippen LogP contribution >= 0.6 is 11.6 Å². The minimum atomic E-state index is -0.677. The molecule has 0 saturated heterocycles. The molecular weight excluding hydrogens is 402 g/mol. The molecule has 1 amide bonds. The zero-order valence-corrected chi connectivity index (χ0v) is 18.2. The molecule has 3 rings (SSSR count). The molecule has 0 radical (unpaired) electrons. The summed E-state index contributed by atoms with van der Waals surface area (Å²) in [6, 6.07) is 8.12. The first-order valence-corrected chi connectivity index (χ1v) is 10.8. The number of aryl methyl sites for hydroxylation is 1. The van der Waals surface area contributed by atoms with Crippen LogP contribution in [0.25, 0.3) is 5.69 Å². The molecule has 0 bridgehead atoms. The Hall–Kier alpha value is -2.60. The van der Waals surface area contributed by atoms with Crippen molar-refractivity contribution in [3.63, 3.8) is 0 Å². The van der Waals surface area contributed by atoms with Gasteiger partial charge in [0, 0.05) is 23.7 Å². The van der Waals surface area contributed by atoms with Gasteiger partial charge in [0.2, 0.25) is 5.88 Å². The van der Waals surface area contributed by atoms with Crippen LogP contribution in [0.15, 0.2) is 46.8 Å². The van der Waals surface area contributed by atoms with Gasteiger partial charge >= 0.3 is 0 Å². The zero-order valence-electron chi connectivity index (χ0n) is 17.5. The number of aromatic nitrogens is 2. The van der Waals surface area contributed by atoms with E-state index in [1.165, 1.54) is 35.2 Å². The number of rotatable bonds is 8. The number of allylic oxidation sites excluding steroid dienone is 1. The van der Waals surface area contributed by atoms with E-state index in [0.717, 1.165) is 24.8 Å². The summed E-state index contributed by atoms with van der Waals surface area (Å²) in [7, 11) is 0. The minimum absolute atomic E-state index is 0.174. The maximum Gasteiger partial charge on any atom is 0.271 e. The molecule has 0 spiro atoms. The summed E-state index contributed by atoms with van der Waals surface area (Å²) >= 11 is 6.08. The predicted molar refractivity (Wildman–Crippen MR) is 118 cm³/mol. The van der Waals surface area contributed by atoms with Crippen LogP contribution in [0.3, 0.4) is 0 Å². The number of amides is 1. The number of halogens is 1. The summed E-state index contributed by atoms with van der Waals surface area (Å²) < 4.78 is 7.07. The predicted octanol–water partition coefficient (Wildman–Crippen LogP) is 4.36. The van der Waals surface area contributed by atoms with Crippen LogP contribution in [0, 0.1) is 6.92 Å². The van der Waals surface area contributed by atoms with Gasteiger partial charge in [0.1, 0.15) is 0 Å². The highest BCUT2D eigenvalue weighted by Crippen LogP contribution is 2.20. The lowest BCUT2D eigenvalue weighted by Gasteiger charge is -2.18. The van der Waals surface area contributed by atoms with Crippen molar-refractivity contribution < 1.29 is 9.53 Å². The number of ether oxygens (including phenoxy) is 1. The second-order valence-electron chi connectivity index (χ2n) is 7.52. The average molecular weight is 430 g/mol. The van der Waals surface area contributed by atoms with Crippen molar-refractivity contribution in [1.29, 1.82) is 0 Å². The molecule has 160 valence electrons. The van der Waals surface area contributed by atoms with Crippen LogP contribution in [0.4, 0.5) is 0 Å². The lowest BCUT2D eigenvalue weighted by Crippen LogP contribution is -2.39. The Morgan fingerprint density at radius 1 is 1.30 bits per heavy atom. The van der Waals surface area contributed by atoms with Gasteiger partial charge in [-0.3, -0.25) is 9.59 Å². The monoisotopic (exact) mass is 429 g/mol. The van der Waals surface area contributed by atoms with E-state index in [-0.39, 0.29) is 17.3 Å². The fourth-order valence-corrected chi connectivity index (χ4v) is 3.67. The molecule has 0 aliphatic heterocycles. The van der Waals surface area contributed by atoms with Crippen LogP contribution in [-0.2, 0) is 4.79 Å². The van der Waals surface area contributed by atoms with Crippen molar-refractivity contribution in [3.05, 3.63) is 62.9 Å². The van der Waals surface area contributed by atoms with Crippen LogP contribution in [-0.4, -0.2) is 28.3 Å². The van der Waals surface area contributed by atoms with E-state index in [1.54, 1.807) is 12.1 Å². The van der Waals surface area contributed by atoms with Gasteiger partial charge in [-0.1, -0.05) is 36.2 Å². The first-order valence-electron chi connectivity index (χ1n) is 10.5. The van der Waals surface area contributed by atoms with E-state index in [2.05, 4.69) is 16.5 Å². The Labute approximate surface area is 181 Å². The highest BCUT2D eigenvalue weighted by Gasteiger charge is 2.19. The summed E-state index contributed by atoms with van der Waals surface area (Å²) in [5.74, 6) is 0.0401. The van der Waals surface area contributed by atoms with Gasteiger partial charge in [-0.25, -0.2) is 0 Å². The molecule has 0 saturated carbocycles. The van der Waals surface area contributed by atoms with E-state index in [4.69, 9.17) is 16.3 Å². The third kappa shape index (κ3) is 5.72. The lowest BCUT2D eigenvalue weighted by molar-refractivity contribution is -0.128.